The highest BCUT2D eigenvalue weighted by Gasteiger charge is 2.54. The van der Waals surface area contributed by atoms with E-state index >= 15 is 0 Å². The lowest BCUT2D eigenvalue weighted by Crippen LogP contribution is -2.57. The highest BCUT2D eigenvalue weighted by molar-refractivity contribution is 5.06. The van der Waals surface area contributed by atoms with E-state index in [0.717, 1.165) is 32.3 Å². The second-order valence-electron chi connectivity index (χ2n) is 4.17. The fraction of sp³-hybridized carbons (Fsp3) is 1.00. The Labute approximate surface area is 72.9 Å². The number of aliphatic hydroxyl groups is 1. The third-order valence-corrected chi connectivity index (χ3v) is 3.66. The molecular weight excluding hydrogens is 154 g/mol. The average Bonchev–Trinajstić information content (AvgIpc) is 2.49. The Hall–Kier alpha value is -0.120. The lowest BCUT2D eigenvalue weighted by molar-refractivity contribution is -0.136. The van der Waals surface area contributed by atoms with Crippen LogP contribution in [0.4, 0.5) is 0 Å². The molecule has 1 aliphatic carbocycles. The van der Waals surface area contributed by atoms with Gasteiger partial charge in [-0.1, -0.05) is 0 Å². The molecule has 0 radical (unpaired) electrons. The van der Waals surface area contributed by atoms with Crippen molar-refractivity contribution >= 4 is 0 Å². The van der Waals surface area contributed by atoms with E-state index in [-0.39, 0.29) is 5.41 Å². The molecule has 1 atom stereocenters. The minimum absolute atomic E-state index is 0.120. The highest BCUT2D eigenvalue weighted by atomic mass is 16.5. The summed E-state index contributed by atoms with van der Waals surface area (Å²) in [6, 6.07) is 0. The molecule has 1 heterocycles. The quantitative estimate of drug-likeness (QED) is 0.627. The maximum Gasteiger partial charge on any atom is 0.0738 e. The van der Waals surface area contributed by atoms with Crippen LogP contribution in [0, 0.1) is 5.41 Å². The van der Waals surface area contributed by atoms with E-state index in [1.54, 1.807) is 0 Å². The zero-order chi connectivity index (χ0) is 8.66. The van der Waals surface area contributed by atoms with Crippen molar-refractivity contribution in [1.29, 1.82) is 0 Å². The number of nitrogens with two attached hydrogens (primary N) is 1. The summed E-state index contributed by atoms with van der Waals surface area (Å²) >= 11 is 0. The van der Waals surface area contributed by atoms with Crippen LogP contribution in [-0.2, 0) is 4.74 Å². The molecule has 1 aliphatic heterocycles. The maximum absolute atomic E-state index is 10.2. The van der Waals surface area contributed by atoms with Crippen LogP contribution in [0.2, 0.25) is 0 Å². The lowest BCUT2D eigenvalue weighted by Gasteiger charge is -2.49. The van der Waals surface area contributed by atoms with Gasteiger partial charge < -0.3 is 15.6 Å². The van der Waals surface area contributed by atoms with Gasteiger partial charge in [-0.15, -0.1) is 0 Å². The van der Waals surface area contributed by atoms with E-state index in [1.807, 2.05) is 0 Å². The molecule has 1 unspecified atom stereocenters. The third kappa shape index (κ3) is 0.934. The Kier molecular flexibility index (Phi) is 1.90. The summed E-state index contributed by atoms with van der Waals surface area (Å²) in [5, 5.41) is 10.2. The van der Waals surface area contributed by atoms with Gasteiger partial charge in [0.25, 0.3) is 0 Å². The van der Waals surface area contributed by atoms with Crippen molar-refractivity contribution < 1.29 is 9.84 Å². The number of rotatable bonds is 2. The minimum atomic E-state index is -0.502. The van der Waals surface area contributed by atoms with Gasteiger partial charge in [0.15, 0.2) is 0 Å². The zero-order valence-electron chi connectivity index (χ0n) is 7.38. The second-order valence-corrected chi connectivity index (χ2v) is 4.17. The van der Waals surface area contributed by atoms with Gasteiger partial charge in [0.2, 0.25) is 0 Å². The van der Waals surface area contributed by atoms with Crippen LogP contribution in [0.15, 0.2) is 0 Å². The van der Waals surface area contributed by atoms with Gasteiger partial charge in [-0.05, 0) is 25.7 Å². The minimum Gasteiger partial charge on any atom is -0.389 e. The molecular formula is C9H17NO2. The molecule has 0 aromatic heterocycles. The molecule has 2 fully saturated rings. The van der Waals surface area contributed by atoms with E-state index in [9.17, 15) is 5.11 Å². The summed E-state index contributed by atoms with van der Waals surface area (Å²) in [5.74, 6) is 0. The first kappa shape index (κ1) is 8.48. The Bertz CT molecular complexity index is 171. The summed E-state index contributed by atoms with van der Waals surface area (Å²) < 4.78 is 5.33. The summed E-state index contributed by atoms with van der Waals surface area (Å²) in [6.45, 7) is 1.98. The number of ether oxygens (including phenoxy) is 1. The molecule has 1 saturated carbocycles. The number of hydrogen-bond donors (Lipinski definition) is 2. The van der Waals surface area contributed by atoms with Crippen molar-refractivity contribution in [3.63, 3.8) is 0 Å². The van der Waals surface area contributed by atoms with E-state index in [2.05, 4.69) is 0 Å². The van der Waals surface area contributed by atoms with E-state index in [4.69, 9.17) is 10.5 Å². The van der Waals surface area contributed by atoms with Gasteiger partial charge in [0.1, 0.15) is 0 Å². The molecule has 1 saturated heterocycles. The summed E-state index contributed by atoms with van der Waals surface area (Å²) in [7, 11) is 0. The van der Waals surface area contributed by atoms with Crippen molar-refractivity contribution in [2.75, 3.05) is 19.8 Å². The monoisotopic (exact) mass is 171 g/mol. The Morgan fingerprint density at radius 1 is 1.33 bits per heavy atom. The van der Waals surface area contributed by atoms with Crippen molar-refractivity contribution in [1.82, 2.24) is 0 Å². The van der Waals surface area contributed by atoms with Gasteiger partial charge in [-0.25, -0.2) is 0 Å². The van der Waals surface area contributed by atoms with Crippen molar-refractivity contribution in [3.05, 3.63) is 0 Å². The molecule has 3 N–H and O–H groups in total. The summed E-state index contributed by atoms with van der Waals surface area (Å²) in [4.78, 5) is 0. The largest absolute Gasteiger partial charge is 0.389 e. The van der Waals surface area contributed by atoms with Crippen LogP contribution in [0.25, 0.3) is 0 Å². The molecule has 3 heteroatoms. The van der Waals surface area contributed by atoms with Gasteiger partial charge in [0, 0.05) is 18.6 Å². The van der Waals surface area contributed by atoms with Gasteiger partial charge in [-0.2, -0.15) is 0 Å². The van der Waals surface area contributed by atoms with Crippen molar-refractivity contribution in [3.8, 4) is 0 Å². The first-order valence-corrected chi connectivity index (χ1v) is 4.73. The molecule has 3 nitrogen and oxygen atoms in total. The Morgan fingerprint density at radius 3 is 2.42 bits per heavy atom. The van der Waals surface area contributed by atoms with Gasteiger partial charge >= 0.3 is 0 Å². The van der Waals surface area contributed by atoms with Crippen LogP contribution < -0.4 is 5.73 Å². The van der Waals surface area contributed by atoms with Gasteiger partial charge in [0.05, 0.1) is 12.2 Å². The molecule has 70 valence electrons. The normalized spacial score (nSPS) is 39.5. The molecule has 0 amide bonds. The van der Waals surface area contributed by atoms with Crippen LogP contribution in [0.5, 0.6) is 0 Å². The first-order valence-electron chi connectivity index (χ1n) is 4.73. The zero-order valence-corrected chi connectivity index (χ0v) is 7.38. The smallest absolute Gasteiger partial charge is 0.0738 e. The fourth-order valence-electron chi connectivity index (χ4n) is 2.37. The maximum atomic E-state index is 10.2. The van der Waals surface area contributed by atoms with E-state index < -0.39 is 5.60 Å². The van der Waals surface area contributed by atoms with Crippen LogP contribution in [0.3, 0.4) is 0 Å². The topological polar surface area (TPSA) is 55.5 Å². The molecule has 0 aromatic carbocycles. The fourth-order valence-corrected chi connectivity index (χ4v) is 2.37. The predicted molar refractivity (Wildman–Crippen MR) is 45.7 cm³/mol. The van der Waals surface area contributed by atoms with E-state index in [1.165, 1.54) is 0 Å². The molecule has 0 bridgehead atoms. The number of hydrogen-bond acceptors (Lipinski definition) is 3. The lowest BCUT2D eigenvalue weighted by atomic mass is 9.61. The highest BCUT2D eigenvalue weighted by Crippen LogP contribution is 2.49. The second kappa shape index (κ2) is 2.69. The molecule has 0 aromatic rings. The average molecular weight is 171 g/mol. The SMILES string of the molecule is NCC1(C2(O)CCC2)CCOC1. The molecule has 12 heavy (non-hydrogen) atoms. The standard InChI is InChI=1S/C9H17NO2/c10-6-8(4-5-12-7-8)9(11)2-1-3-9/h11H,1-7,10H2. The van der Waals surface area contributed by atoms with Crippen LogP contribution >= 0.6 is 0 Å². The Morgan fingerprint density at radius 2 is 2.08 bits per heavy atom. The van der Waals surface area contributed by atoms with Crippen LogP contribution in [-0.4, -0.2) is 30.5 Å². The van der Waals surface area contributed by atoms with Crippen molar-refractivity contribution in [2.45, 2.75) is 31.3 Å². The molecule has 2 rings (SSSR count). The third-order valence-electron chi connectivity index (χ3n) is 3.66. The Balaban J connectivity index is 2.15. The summed E-state index contributed by atoms with van der Waals surface area (Å²) in [5.41, 5.74) is 5.10. The first-order chi connectivity index (χ1) is 5.72. The predicted octanol–water partition coefficient (Wildman–Crippen LogP) is 0.267. The van der Waals surface area contributed by atoms with E-state index in [0.29, 0.717) is 13.2 Å². The molecule has 0 spiro atoms. The van der Waals surface area contributed by atoms with Gasteiger partial charge in [-0.3, -0.25) is 0 Å². The van der Waals surface area contributed by atoms with Crippen molar-refractivity contribution in [2.24, 2.45) is 11.1 Å². The molecule has 2 aliphatic rings. The van der Waals surface area contributed by atoms with Crippen LogP contribution in [0.1, 0.15) is 25.7 Å². The summed E-state index contributed by atoms with van der Waals surface area (Å²) in [6.07, 6.45) is 3.89.